The fourth-order valence-corrected chi connectivity index (χ4v) is 1.76. The van der Waals surface area contributed by atoms with Crippen LogP contribution in [-0.4, -0.2) is 25.1 Å². The summed E-state index contributed by atoms with van der Waals surface area (Å²) in [6, 6.07) is 5.19. The molecule has 1 rings (SSSR count). The first-order valence-electron chi connectivity index (χ1n) is 7.51. The monoisotopic (exact) mass is 293 g/mol. The van der Waals surface area contributed by atoms with Crippen molar-refractivity contribution in [3.05, 3.63) is 18.2 Å². The van der Waals surface area contributed by atoms with E-state index in [2.05, 4.69) is 24.5 Å². The maximum absolute atomic E-state index is 12.0. The Labute approximate surface area is 127 Å². The summed E-state index contributed by atoms with van der Waals surface area (Å²) >= 11 is 0. The molecule has 0 radical (unpaired) electrons. The third-order valence-corrected chi connectivity index (χ3v) is 2.98. The van der Waals surface area contributed by atoms with Crippen molar-refractivity contribution >= 4 is 17.3 Å². The van der Waals surface area contributed by atoms with Crippen LogP contribution >= 0.6 is 0 Å². The van der Waals surface area contributed by atoms with E-state index in [0.717, 1.165) is 12.1 Å². The van der Waals surface area contributed by atoms with Gasteiger partial charge in [-0.25, -0.2) is 0 Å². The predicted molar refractivity (Wildman–Crippen MR) is 87.6 cm³/mol. The number of carbonyl (C=O) groups excluding carboxylic acids is 1. The summed E-state index contributed by atoms with van der Waals surface area (Å²) in [5.74, 6) is 1.04. The molecule has 5 heteroatoms. The van der Waals surface area contributed by atoms with E-state index in [-0.39, 0.29) is 11.9 Å². The van der Waals surface area contributed by atoms with Gasteiger partial charge in [0.05, 0.1) is 18.0 Å². The number of rotatable bonds is 8. The number of anilines is 2. The van der Waals surface area contributed by atoms with Gasteiger partial charge < -0.3 is 21.1 Å². The zero-order valence-electron chi connectivity index (χ0n) is 13.4. The summed E-state index contributed by atoms with van der Waals surface area (Å²) in [6.45, 7) is 9.27. The maximum Gasteiger partial charge on any atom is 0.242 e. The number of hydrogen-bond acceptors (Lipinski definition) is 4. The van der Waals surface area contributed by atoms with Crippen LogP contribution in [0.4, 0.5) is 11.4 Å². The quantitative estimate of drug-likeness (QED) is 0.644. The van der Waals surface area contributed by atoms with Gasteiger partial charge in [0.25, 0.3) is 0 Å². The Morgan fingerprint density at radius 3 is 2.67 bits per heavy atom. The lowest BCUT2D eigenvalue weighted by Gasteiger charge is -2.18. The highest BCUT2D eigenvalue weighted by molar-refractivity contribution is 5.86. The molecular formula is C16H27N3O2. The SMILES string of the molecule is CCCOc1cccc(NC(C)C(=O)NCC(C)C)c1N. The Balaban J connectivity index is 2.67. The molecule has 21 heavy (non-hydrogen) atoms. The van der Waals surface area contributed by atoms with Crippen LogP contribution < -0.4 is 21.1 Å². The molecule has 0 spiro atoms. The third kappa shape index (κ3) is 5.53. The van der Waals surface area contributed by atoms with E-state index in [1.54, 1.807) is 0 Å². The van der Waals surface area contributed by atoms with Gasteiger partial charge in [-0.15, -0.1) is 0 Å². The number of benzene rings is 1. The molecule has 1 atom stereocenters. The van der Waals surface area contributed by atoms with Crippen molar-refractivity contribution in [2.45, 2.75) is 40.2 Å². The average Bonchev–Trinajstić information content (AvgIpc) is 2.45. The Kier molecular flexibility index (Phi) is 6.85. The number of carbonyl (C=O) groups is 1. The topological polar surface area (TPSA) is 76.4 Å². The summed E-state index contributed by atoms with van der Waals surface area (Å²) in [5, 5.41) is 6.03. The second kappa shape index (κ2) is 8.39. The second-order valence-electron chi connectivity index (χ2n) is 5.57. The summed E-state index contributed by atoms with van der Waals surface area (Å²) < 4.78 is 5.58. The molecule has 1 aromatic rings. The van der Waals surface area contributed by atoms with Gasteiger partial charge in [0.15, 0.2) is 0 Å². The normalized spacial score (nSPS) is 12.0. The lowest BCUT2D eigenvalue weighted by atomic mass is 10.2. The highest BCUT2D eigenvalue weighted by Gasteiger charge is 2.15. The number of nitrogens with two attached hydrogens (primary N) is 1. The average molecular weight is 293 g/mol. The Morgan fingerprint density at radius 2 is 2.05 bits per heavy atom. The smallest absolute Gasteiger partial charge is 0.242 e. The first-order valence-corrected chi connectivity index (χ1v) is 7.51. The molecule has 0 heterocycles. The summed E-state index contributed by atoms with van der Waals surface area (Å²) in [4.78, 5) is 12.0. The van der Waals surface area contributed by atoms with Crippen molar-refractivity contribution in [2.75, 3.05) is 24.2 Å². The van der Waals surface area contributed by atoms with Crippen LogP contribution in [0.25, 0.3) is 0 Å². The van der Waals surface area contributed by atoms with E-state index in [9.17, 15) is 4.79 Å². The van der Waals surface area contributed by atoms with E-state index in [0.29, 0.717) is 30.5 Å². The molecule has 0 saturated carbocycles. The van der Waals surface area contributed by atoms with Gasteiger partial charge in [0.1, 0.15) is 11.8 Å². The van der Waals surface area contributed by atoms with Crippen molar-refractivity contribution in [1.29, 1.82) is 0 Å². The van der Waals surface area contributed by atoms with E-state index >= 15 is 0 Å². The van der Waals surface area contributed by atoms with Crippen molar-refractivity contribution in [1.82, 2.24) is 5.32 Å². The zero-order chi connectivity index (χ0) is 15.8. The summed E-state index contributed by atoms with van der Waals surface area (Å²) in [5.41, 5.74) is 7.33. The fourth-order valence-electron chi connectivity index (χ4n) is 1.76. The van der Waals surface area contributed by atoms with Gasteiger partial charge in [0, 0.05) is 6.54 Å². The minimum atomic E-state index is -0.354. The van der Waals surface area contributed by atoms with Crippen LogP contribution in [0.2, 0.25) is 0 Å². The standard InChI is InChI=1S/C16H27N3O2/c1-5-9-21-14-8-6-7-13(15(14)17)19-12(4)16(20)18-10-11(2)3/h6-8,11-12,19H,5,9-10,17H2,1-4H3,(H,18,20). The van der Waals surface area contributed by atoms with Crippen LogP contribution in [0, 0.1) is 5.92 Å². The molecular weight excluding hydrogens is 266 g/mol. The number of ether oxygens (including phenoxy) is 1. The summed E-state index contributed by atoms with van der Waals surface area (Å²) in [7, 11) is 0. The molecule has 0 bridgehead atoms. The first-order chi connectivity index (χ1) is 9.95. The number of amides is 1. The van der Waals surface area contributed by atoms with E-state index in [4.69, 9.17) is 10.5 Å². The number of nitrogens with one attached hydrogen (secondary N) is 2. The van der Waals surface area contributed by atoms with Crippen LogP contribution in [0.1, 0.15) is 34.1 Å². The van der Waals surface area contributed by atoms with E-state index in [1.807, 2.05) is 32.0 Å². The van der Waals surface area contributed by atoms with Gasteiger partial charge in [-0.05, 0) is 31.4 Å². The zero-order valence-corrected chi connectivity index (χ0v) is 13.4. The molecule has 0 saturated heterocycles. The molecule has 0 aliphatic carbocycles. The van der Waals surface area contributed by atoms with Gasteiger partial charge in [-0.3, -0.25) is 4.79 Å². The van der Waals surface area contributed by atoms with Crippen LogP contribution in [-0.2, 0) is 4.79 Å². The lowest BCUT2D eigenvalue weighted by Crippen LogP contribution is -2.39. The Hall–Kier alpha value is -1.91. The van der Waals surface area contributed by atoms with Crippen molar-refractivity contribution in [2.24, 2.45) is 5.92 Å². The van der Waals surface area contributed by atoms with Crippen molar-refractivity contribution in [3.63, 3.8) is 0 Å². The van der Waals surface area contributed by atoms with Crippen LogP contribution in [0.15, 0.2) is 18.2 Å². The van der Waals surface area contributed by atoms with Gasteiger partial charge >= 0.3 is 0 Å². The molecule has 1 amide bonds. The molecule has 118 valence electrons. The highest BCUT2D eigenvalue weighted by atomic mass is 16.5. The third-order valence-electron chi connectivity index (χ3n) is 2.98. The summed E-state index contributed by atoms with van der Waals surface area (Å²) in [6.07, 6.45) is 0.922. The second-order valence-corrected chi connectivity index (χ2v) is 5.57. The van der Waals surface area contributed by atoms with E-state index < -0.39 is 0 Å². The molecule has 0 aliphatic heterocycles. The molecule has 1 aromatic carbocycles. The minimum absolute atomic E-state index is 0.0389. The molecule has 0 aliphatic rings. The number of para-hydroxylation sites is 1. The highest BCUT2D eigenvalue weighted by Crippen LogP contribution is 2.29. The minimum Gasteiger partial charge on any atom is -0.491 e. The van der Waals surface area contributed by atoms with Crippen molar-refractivity contribution < 1.29 is 9.53 Å². The molecule has 1 unspecified atom stereocenters. The first kappa shape index (κ1) is 17.1. The largest absolute Gasteiger partial charge is 0.491 e. The molecule has 0 aromatic heterocycles. The maximum atomic E-state index is 12.0. The van der Waals surface area contributed by atoms with E-state index in [1.165, 1.54) is 0 Å². The Bertz CT molecular complexity index is 461. The lowest BCUT2D eigenvalue weighted by molar-refractivity contribution is -0.121. The number of nitrogen functional groups attached to an aromatic ring is 1. The predicted octanol–water partition coefficient (Wildman–Crippen LogP) is 2.63. The van der Waals surface area contributed by atoms with Gasteiger partial charge in [-0.2, -0.15) is 0 Å². The van der Waals surface area contributed by atoms with Gasteiger partial charge in [-0.1, -0.05) is 26.8 Å². The van der Waals surface area contributed by atoms with Gasteiger partial charge in [0.2, 0.25) is 5.91 Å². The fraction of sp³-hybridized carbons (Fsp3) is 0.562. The molecule has 0 fully saturated rings. The van der Waals surface area contributed by atoms with Crippen LogP contribution in [0.5, 0.6) is 5.75 Å². The number of hydrogen-bond donors (Lipinski definition) is 3. The van der Waals surface area contributed by atoms with Crippen LogP contribution in [0.3, 0.4) is 0 Å². The molecule has 5 nitrogen and oxygen atoms in total. The molecule has 4 N–H and O–H groups in total. The van der Waals surface area contributed by atoms with Crippen molar-refractivity contribution in [3.8, 4) is 5.75 Å². The Morgan fingerprint density at radius 1 is 1.33 bits per heavy atom.